The standard InChI is InChI=1S/C30H36N6/c1-29(2)13-23(33-17-29)27-31-15-25(35-27)21-9-5-19(6-10-21)20-7-11-22(12-8-20)26-16-32-28(36-26)24-14-30(3,4)18-34-24/h5-12,15-16,23-24,33-34H,13-14,17-18H2,1-4H3,(H,31,35)(H,32,36)/t23-,24-/m0/s1. The van der Waals surface area contributed by atoms with Gasteiger partial charge in [0, 0.05) is 13.1 Å². The second-order valence-electron chi connectivity index (χ2n) is 12.1. The number of aromatic amines is 2. The minimum atomic E-state index is 0.304. The molecule has 2 aliphatic heterocycles. The summed E-state index contributed by atoms with van der Waals surface area (Å²) in [5.74, 6) is 2.06. The molecule has 2 saturated heterocycles. The van der Waals surface area contributed by atoms with Crippen molar-refractivity contribution in [3.05, 3.63) is 72.6 Å². The fraction of sp³-hybridized carbons (Fsp3) is 0.400. The predicted molar refractivity (Wildman–Crippen MR) is 145 cm³/mol. The van der Waals surface area contributed by atoms with E-state index in [2.05, 4.69) is 107 Å². The molecule has 4 aromatic rings. The van der Waals surface area contributed by atoms with Crippen molar-refractivity contribution in [2.45, 2.75) is 52.6 Å². The van der Waals surface area contributed by atoms with Crippen molar-refractivity contribution in [2.24, 2.45) is 10.8 Å². The number of rotatable bonds is 5. The molecule has 6 heteroatoms. The number of H-pyrrole nitrogens is 2. The molecule has 6 rings (SSSR count). The maximum Gasteiger partial charge on any atom is 0.123 e. The van der Waals surface area contributed by atoms with Crippen LogP contribution in [0.3, 0.4) is 0 Å². The second-order valence-corrected chi connectivity index (χ2v) is 12.1. The summed E-state index contributed by atoms with van der Waals surface area (Å²) in [6.45, 7) is 11.3. The molecule has 0 saturated carbocycles. The highest BCUT2D eigenvalue weighted by molar-refractivity contribution is 5.71. The zero-order valence-electron chi connectivity index (χ0n) is 21.7. The minimum absolute atomic E-state index is 0.304. The summed E-state index contributed by atoms with van der Waals surface area (Å²) < 4.78 is 0. The summed E-state index contributed by atoms with van der Waals surface area (Å²) in [4.78, 5) is 16.4. The van der Waals surface area contributed by atoms with Crippen LogP contribution in [-0.2, 0) is 0 Å². The highest BCUT2D eigenvalue weighted by Crippen LogP contribution is 2.36. The average Bonchev–Trinajstić information content (AvgIpc) is 3.65. The van der Waals surface area contributed by atoms with Crippen LogP contribution in [0.4, 0.5) is 0 Å². The molecule has 0 radical (unpaired) electrons. The molecular weight excluding hydrogens is 444 g/mol. The lowest BCUT2D eigenvalue weighted by molar-refractivity contribution is 0.401. The predicted octanol–water partition coefficient (Wildman–Crippen LogP) is 6.26. The van der Waals surface area contributed by atoms with E-state index in [0.29, 0.717) is 22.9 Å². The minimum Gasteiger partial charge on any atom is -0.341 e. The zero-order valence-corrected chi connectivity index (χ0v) is 21.7. The van der Waals surface area contributed by atoms with E-state index in [1.807, 2.05) is 12.4 Å². The normalized spacial score (nSPS) is 22.8. The van der Waals surface area contributed by atoms with E-state index < -0.39 is 0 Å². The van der Waals surface area contributed by atoms with Crippen molar-refractivity contribution in [1.82, 2.24) is 30.6 Å². The van der Waals surface area contributed by atoms with Gasteiger partial charge in [-0.1, -0.05) is 76.2 Å². The van der Waals surface area contributed by atoms with Crippen LogP contribution in [0.25, 0.3) is 33.6 Å². The van der Waals surface area contributed by atoms with Gasteiger partial charge in [0.05, 0.1) is 35.9 Å². The van der Waals surface area contributed by atoms with Crippen molar-refractivity contribution in [1.29, 1.82) is 0 Å². The van der Waals surface area contributed by atoms with E-state index in [1.54, 1.807) is 0 Å². The lowest BCUT2D eigenvalue weighted by atomic mass is 9.90. The van der Waals surface area contributed by atoms with Gasteiger partial charge in [-0.2, -0.15) is 0 Å². The molecule has 2 aromatic heterocycles. The smallest absolute Gasteiger partial charge is 0.123 e. The Labute approximate surface area is 213 Å². The van der Waals surface area contributed by atoms with Gasteiger partial charge in [-0.15, -0.1) is 0 Å². The zero-order chi connectivity index (χ0) is 24.9. The summed E-state index contributed by atoms with van der Waals surface area (Å²) in [6.07, 6.45) is 6.11. The van der Waals surface area contributed by atoms with Gasteiger partial charge in [-0.05, 0) is 45.9 Å². The molecule has 4 N–H and O–H groups in total. The van der Waals surface area contributed by atoms with Crippen molar-refractivity contribution in [3.63, 3.8) is 0 Å². The maximum atomic E-state index is 4.66. The van der Waals surface area contributed by atoms with Crippen LogP contribution in [0, 0.1) is 10.8 Å². The molecule has 186 valence electrons. The van der Waals surface area contributed by atoms with Gasteiger partial charge in [0.15, 0.2) is 0 Å². The summed E-state index contributed by atoms with van der Waals surface area (Å²) in [5.41, 5.74) is 7.47. The Hall–Kier alpha value is -3.22. The van der Waals surface area contributed by atoms with Crippen LogP contribution in [-0.4, -0.2) is 33.0 Å². The van der Waals surface area contributed by atoms with Gasteiger partial charge in [0.2, 0.25) is 0 Å². The Morgan fingerprint density at radius 1 is 0.583 bits per heavy atom. The van der Waals surface area contributed by atoms with Crippen LogP contribution in [0.2, 0.25) is 0 Å². The molecule has 2 fully saturated rings. The Morgan fingerprint density at radius 3 is 1.28 bits per heavy atom. The second kappa shape index (κ2) is 8.71. The quantitative estimate of drug-likeness (QED) is 0.272. The van der Waals surface area contributed by atoms with Gasteiger partial charge in [-0.3, -0.25) is 0 Å². The molecule has 0 amide bonds. The van der Waals surface area contributed by atoms with E-state index in [9.17, 15) is 0 Å². The van der Waals surface area contributed by atoms with Crippen LogP contribution >= 0.6 is 0 Å². The third-order valence-corrected chi connectivity index (χ3v) is 7.74. The molecule has 6 nitrogen and oxygen atoms in total. The Kier molecular flexibility index (Phi) is 5.61. The molecule has 4 heterocycles. The van der Waals surface area contributed by atoms with Crippen molar-refractivity contribution in [2.75, 3.05) is 13.1 Å². The van der Waals surface area contributed by atoms with Gasteiger partial charge in [0.1, 0.15) is 11.6 Å². The van der Waals surface area contributed by atoms with Gasteiger partial charge in [0.25, 0.3) is 0 Å². The van der Waals surface area contributed by atoms with E-state index in [4.69, 9.17) is 0 Å². The molecular formula is C30H36N6. The van der Waals surface area contributed by atoms with Crippen LogP contribution in [0.1, 0.15) is 64.3 Å². The fourth-order valence-electron chi connectivity index (χ4n) is 5.58. The first-order valence-corrected chi connectivity index (χ1v) is 13.0. The van der Waals surface area contributed by atoms with Gasteiger partial charge < -0.3 is 20.6 Å². The highest BCUT2D eigenvalue weighted by Gasteiger charge is 2.33. The monoisotopic (exact) mass is 480 g/mol. The van der Waals surface area contributed by atoms with Crippen LogP contribution in [0.15, 0.2) is 60.9 Å². The van der Waals surface area contributed by atoms with Crippen molar-refractivity contribution < 1.29 is 0 Å². The highest BCUT2D eigenvalue weighted by atomic mass is 15.1. The summed E-state index contributed by atoms with van der Waals surface area (Å²) in [6, 6.07) is 18.0. The van der Waals surface area contributed by atoms with E-state index in [0.717, 1.165) is 60.1 Å². The van der Waals surface area contributed by atoms with E-state index in [-0.39, 0.29) is 0 Å². The van der Waals surface area contributed by atoms with Crippen molar-refractivity contribution in [3.8, 4) is 33.6 Å². The molecule has 0 unspecified atom stereocenters. The number of benzene rings is 2. The molecule has 36 heavy (non-hydrogen) atoms. The largest absolute Gasteiger partial charge is 0.341 e. The SMILES string of the molecule is CC1(C)CN[C@H](c2ncc(-c3ccc(-c4ccc(-c5cnc([C@@H]6CC(C)(C)CN6)[nH]5)cc4)cc3)[nH]2)C1. The molecule has 0 spiro atoms. The van der Waals surface area contributed by atoms with Crippen LogP contribution < -0.4 is 10.6 Å². The molecule has 2 aliphatic rings. The first kappa shape index (κ1) is 23.2. The van der Waals surface area contributed by atoms with Gasteiger partial charge in [-0.25, -0.2) is 9.97 Å². The fourth-order valence-corrected chi connectivity index (χ4v) is 5.58. The number of imidazole rings is 2. The third kappa shape index (κ3) is 4.63. The summed E-state index contributed by atoms with van der Waals surface area (Å²) in [7, 11) is 0. The molecule has 0 aliphatic carbocycles. The number of nitrogens with one attached hydrogen (secondary N) is 4. The van der Waals surface area contributed by atoms with Crippen molar-refractivity contribution >= 4 is 0 Å². The average molecular weight is 481 g/mol. The molecule has 0 bridgehead atoms. The van der Waals surface area contributed by atoms with Gasteiger partial charge >= 0.3 is 0 Å². The third-order valence-electron chi connectivity index (χ3n) is 7.74. The Bertz CT molecular complexity index is 1240. The topological polar surface area (TPSA) is 81.4 Å². The molecule has 2 atom stereocenters. The van der Waals surface area contributed by atoms with Crippen LogP contribution in [0.5, 0.6) is 0 Å². The Balaban J connectivity index is 1.14. The lowest BCUT2D eigenvalue weighted by Crippen LogP contribution is -2.17. The number of nitrogens with zero attached hydrogens (tertiary/aromatic N) is 2. The first-order chi connectivity index (χ1) is 17.2. The maximum absolute atomic E-state index is 4.66. The summed E-state index contributed by atoms with van der Waals surface area (Å²) in [5, 5.41) is 7.18. The van der Waals surface area contributed by atoms with E-state index >= 15 is 0 Å². The number of hydrogen-bond acceptors (Lipinski definition) is 4. The first-order valence-electron chi connectivity index (χ1n) is 13.0. The Morgan fingerprint density at radius 2 is 0.944 bits per heavy atom. The number of hydrogen-bond donors (Lipinski definition) is 4. The lowest BCUT2D eigenvalue weighted by Gasteiger charge is -2.14. The molecule has 2 aromatic carbocycles. The number of aromatic nitrogens is 4. The van der Waals surface area contributed by atoms with E-state index in [1.165, 1.54) is 11.1 Å². The summed E-state index contributed by atoms with van der Waals surface area (Å²) >= 11 is 0.